The highest BCUT2D eigenvalue weighted by atomic mass is 19.4. The molecular weight excluding hydrogens is 263 g/mol. The van der Waals surface area contributed by atoms with Gasteiger partial charge in [0.1, 0.15) is 18.1 Å². The van der Waals surface area contributed by atoms with Gasteiger partial charge in [0.05, 0.1) is 6.61 Å². The molecule has 0 aliphatic carbocycles. The first-order valence-corrected chi connectivity index (χ1v) is 5.53. The Morgan fingerprint density at radius 2 is 2.16 bits per heavy atom. The molecule has 0 aromatic carbocycles. The Morgan fingerprint density at radius 1 is 1.47 bits per heavy atom. The van der Waals surface area contributed by atoms with Gasteiger partial charge in [-0.15, -0.1) is 0 Å². The number of nitrogens with zero attached hydrogens (tertiary/aromatic N) is 1. The van der Waals surface area contributed by atoms with Gasteiger partial charge in [0.15, 0.2) is 0 Å². The van der Waals surface area contributed by atoms with Crippen LogP contribution in [0, 0.1) is 6.92 Å². The van der Waals surface area contributed by atoms with Crippen LogP contribution in [0.3, 0.4) is 0 Å². The maximum absolute atomic E-state index is 12.2. The third kappa shape index (κ3) is 5.60. The number of carbonyl (C=O) groups excluding carboxylic acids is 1. The summed E-state index contributed by atoms with van der Waals surface area (Å²) < 4.78 is 41.9. The number of halogens is 3. The summed E-state index contributed by atoms with van der Waals surface area (Å²) in [6.45, 7) is -0.593. The van der Waals surface area contributed by atoms with Crippen molar-refractivity contribution in [1.82, 2.24) is 4.90 Å². The third-order valence-electron chi connectivity index (χ3n) is 2.20. The van der Waals surface area contributed by atoms with Gasteiger partial charge < -0.3 is 14.4 Å². The largest absolute Gasteiger partial charge is 0.462 e. The summed E-state index contributed by atoms with van der Waals surface area (Å²) in [4.78, 5) is 12.1. The molecule has 0 unspecified atom stereocenters. The number of carbonyl (C=O) groups is 1. The molecule has 0 spiro atoms. The molecule has 0 radical (unpaired) electrons. The predicted molar refractivity (Wildman–Crippen MR) is 62.2 cm³/mol. The molecule has 0 atom stereocenters. The zero-order chi connectivity index (χ0) is 14.5. The first-order valence-electron chi connectivity index (χ1n) is 5.53. The molecule has 1 aromatic rings. The Hall–Kier alpha value is -1.76. The van der Waals surface area contributed by atoms with E-state index in [4.69, 9.17) is 9.52 Å². The highest BCUT2D eigenvalue weighted by Gasteiger charge is 2.32. The summed E-state index contributed by atoms with van der Waals surface area (Å²) in [6.07, 6.45) is -2.23. The molecule has 1 heterocycles. The van der Waals surface area contributed by atoms with Crippen LogP contribution in [0.4, 0.5) is 13.2 Å². The average Bonchev–Trinajstić information content (AvgIpc) is 2.70. The molecule has 7 heteroatoms. The molecule has 1 aromatic heterocycles. The van der Waals surface area contributed by atoms with E-state index in [9.17, 15) is 18.0 Å². The van der Waals surface area contributed by atoms with Gasteiger partial charge >= 0.3 is 6.18 Å². The molecule has 19 heavy (non-hydrogen) atoms. The predicted octanol–water partition coefficient (Wildman–Crippen LogP) is 1.98. The van der Waals surface area contributed by atoms with Gasteiger partial charge in [0, 0.05) is 12.6 Å². The van der Waals surface area contributed by atoms with Crippen LogP contribution in [-0.4, -0.2) is 41.8 Å². The molecule has 0 saturated carbocycles. The first-order chi connectivity index (χ1) is 8.81. The van der Waals surface area contributed by atoms with Crippen LogP contribution in [0.5, 0.6) is 0 Å². The second kappa shape index (κ2) is 6.42. The summed E-state index contributed by atoms with van der Waals surface area (Å²) in [7, 11) is 0. The number of amides is 1. The van der Waals surface area contributed by atoms with Crippen LogP contribution < -0.4 is 0 Å². The van der Waals surface area contributed by atoms with E-state index in [1.165, 1.54) is 6.08 Å². The Balaban J connectivity index is 2.69. The van der Waals surface area contributed by atoms with E-state index in [-0.39, 0.29) is 6.54 Å². The van der Waals surface area contributed by atoms with Gasteiger partial charge in [0.25, 0.3) is 0 Å². The smallest absolute Gasteiger partial charge is 0.406 e. The van der Waals surface area contributed by atoms with Crippen molar-refractivity contribution in [3.8, 4) is 0 Å². The zero-order valence-electron chi connectivity index (χ0n) is 10.3. The third-order valence-corrected chi connectivity index (χ3v) is 2.20. The van der Waals surface area contributed by atoms with Gasteiger partial charge in [-0.1, -0.05) is 0 Å². The molecule has 1 rings (SSSR count). The van der Waals surface area contributed by atoms with Gasteiger partial charge in [0.2, 0.25) is 5.91 Å². The van der Waals surface area contributed by atoms with Crippen molar-refractivity contribution in [2.45, 2.75) is 13.1 Å². The van der Waals surface area contributed by atoms with Gasteiger partial charge in [-0.05, 0) is 25.1 Å². The number of hydrogen-bond donors (Lipinski definition) is 1. The van der Waals surface area contributed by atoms with Crippen LogP contribution in [0.15, 0.2) is 22.6 Å². The molecule has 0 aliphatic heterocycles. The SMILES string of the molecule is Cc1ccc(/C=C/C(=O)N(CCO)CC(F)(F)F)o1. The number of aryl methyl sites for hydroxylation is 1. The van der Waals surface area contributed by atoms with E-state index >= 15 is 0 Å². The Bertz CT molecular complexity index is 451. The molecule has 1 N–H and O–H groups in total. The summed E-state index contributed by atoms with van der Waals surface area (Å²) in [5.74, 6) is 0.178. The van der Waals surface area contributed by atoms with Crippen LogP contribution in [0.1, 0.15) is 11.5 Å². The van der Waals surface area contributed by atoms with Crippen molar-refractivity contribution in [2.75, 3.05) is 19.7 Å². The molecule has 0 aliphatic rings. The van der Waals surface area contributed by atoms with E-state index in [1.807, 2.05) is 0 Å². The van der Waals surface area contributed by atoms with Crippen molar-refractivity contribution in [3.05, 3.63) is 29.7 Å². The highest BCUT2D eigenvalue weighted by molar-refractivity contribution is 5.91. The van der Waals surface area contributed by atoms with Crippen molar-refractivity contribution >= 4 is 12.0 Å². The molecular formula is C12H14F3NO3. The first kappa shape index (κ1) is 15.3. The van der Waals surface area contributed by atoms with E-state index in [0.29, 0.717) is 16.4 Å². The average molecular weight is 277 g/mol. The minimum Gasteiger partial charge on any atom is -0.462 e. The second-order valence-corrected chi connectivity index (χ2v) is 3.88. The van der Waals surface area contributed by atoms with Gasteiger partial charge in [-0.25, -0.2) is 0 Å². The lowest BCUT2D eigenvalue weighted by Gasteiger charge is -2.21. The zero-order valence-corrected chi connectivity index (χ0v) is 10.3. The molecule has 0 bridgehead atoms. The van der Waals surface area contributed by atoms with Crippen LogP contribution in [0.25, 0.3) is 6.08 Å². The van der Waals surface area contributed by atoms with E-state index < -0.39 is 25.2 Å². The fourth-order valence-electron chi connectivity index (χ4n) is 1.41. The lowest BCUT2D eigenvalue weighted by Crippen LogP contribution is -2.39. The van der Waals surface area contributed by atoms with Crippen molar-refractivity contribution in [3.63, 3.8) is 0 Å². The number of alkyl halides is 3. The quantitative estimate of drug-likeness (QED) is 0.837. The molecule has 4 nitrogen and oxygen atoms in total. The Morgan fingerprint density at radius 3 is 2.63 bits per heavy atom. The van der Waals surface area contributed by atoms with Crippen molar-refractivity contribution < 1.29 is 27.5 Å². The minimum atomic E-state index is -4.50. The van der Waals surface area contributed by atoms with E-state index in [2.05, 4.69) is 0 Å². The molecule has 0 fully saturated rings. The maximum atomic E-state index is 12.2. The number of rotatable bonds is 5. The molecule has 0 saturated heterocycles. The van der Waals surface area contributed by atoms with Crippen molar-refractivity contribution in [1.29, 1.82) is 0 Å². The highest BCUT2D eigenvalue weighted by Crippen LogP contribution is 2.17. The summed E-state index contributed by atoms with van der Waals surface area (Å²) in [5, 5.41) is 8.67. The summed E-state index contributed by atoms with van der Waals surface area (Å²) in [5.41, 5.74) is 0. The van der Waals surface area contributed by atoms with Crippen LogP contribution in [0.2, 0.25) is 0 Å². The number of hydrogen-bond acceptors (Lipinski definition) is 3. The fourth-order valence-corrected chi connectivity index (χ4v) is 1.41. The number of aliphatic hydroxyl groups is 1. The van der Waals surface area contributed by atoms with Gasteiger partial charge in [-0.3, -0.25) is 4.79 Å². The molecule has 106 valence electrons. The lowest BCUT2D eigenvalue weighted by molar-refractivity contribution is -0.158. The van der Waals surface area contributed by atoms with E-state index in [1.54, 1.807) is 19.1 Å². The Kier molecular flexibility index (Phi) is 5.17. The van der Waals surface area contributed by atoms with E-state index in [0.717, 1.165) is 6.08 Å². The van der Waals surface area contributed by atoms with Crippen LogP contribution in [-0.2, 0) is 4.79 Å². The normalized spacial score (nSPS) is 12.1. The topological polar surface area (TPSA) is 53.7 Å². The maximum Gasteiger partial charge on any atom is 0.406 e. The summed E-state index contributed by atoms with van der Waals surface area (Å²) in [6, 6.07) is 3.27. The lowest BCUT2D eigenvalue weighted by atomic mass is 10.3. The summed E-state index contributed by atoms with van der Waals surface area (Å²) >= 11 is 0. The monoisotopic (exact) mass is 277 g/mol. The van der Waals surface area contributed by atoms with Crippen LogP contribution >= 0.6 is 0 Å². The minimum absolute atomic E-state index is 0.375. The molecule has 1 amide bonds. The Labute approximate surface area is 108 Å². The van der Waals surface area contributed by atoms with Crippen molar-refractivity contribution in [2.24, 2.45) is 0 Å². The van der Waals surface area contributed by atoms with Gasteiger partial charge in [-0.2, -0.15) is 13.2 Å². The standard InChI is InChI=1S/C12H14F3NO3/c1-9-2-3-10(19-9)4-5-11(18)16(6-7-17)8-12(13,14)15/h2-5,17H,6-8H2,1H3/b5-4+. The number of furan rings is 1. The number of aliphatic hydroxyl groups excluding tert-OH is 1. The second-order valence-electron chi connectivity index (χ2n) is 3.88. The fraction of sp³-hybridized carbons (Fsp3) is 0.417.